The van der Waals surface area contributed by atoms with Crippen LogP contribution >= 0.6 is 0 Å². The van der Waals surface area contributed by atoms with Crippen LogP contribution in [0, 0.1) is 11.3 Å². The number of nitrogens with zero attached hydrogens (tertiary/aromatic N) is 1. The molecular weight excluding hydrogens is 368 g/mol. The van der Waals surface area contributed by atoms with Crippen molar-refractivity contribution in [3.8, 4) is 6.07 Å². The number of nitrogens with one attached hydrogen (secondary N) is 3. The first-order valence-corrected chi connectivity index (χ1v) is 10.5. The van der Waals surface area contributed by atoms with E-state index in [0.717, 1.165) is 22.7 Å². The zero-order valence-electron chi connectivity index (χ0n) is 15.0. The van der Waals surface area contributed by atoms with E-state index in [1.807, 2.05) is 36.5 Å². The molecule has 0 radical (unpaired) electrons. The van der Waals surface area contributed by atoms with Gasteiger partial charge in [0.15, 0.2) is 0 Å². The van der Waals surface area contributed by atoms with Gasteiger partial charge in [-0.05, 0) is 18.1 Å². The van der Waals surface area contributed by atoms with Crippen molar-refractivity contribution in [2.24, 2.45) is 0 Å². The fourth-order valence-corrected chi connectivity index (χ4v) is 3.54. The third kappa shape index (κ3) is 6.42. The molecule has 1 heterocycles. The number of carbonyl (C=O) groups is 2. The lowest BCUT2D eigenvalue weighted by atomic mass is 10.1. The monoisotopic (exact) mass is 390 g/mol. The van der Waals surface area contributed by atoms with Crippen LogP contribution < -0.4 is 10.6 Å². The van der Waals surface area contributed by atoms with Gasteiger partial charge in [-0.2, -0.15) is 5.26 Å². The molecule has 1 aromatic heterocycles. The molecule has 3 N–H and O–H groups in total. The molecule has 2 rings (SSSR count). The fourth-order valence-electron chi connectivity index (χ4n) is 2.70. The number of aromatic amines is 1. The fraction of sp³-hybridized carbons (Fsp3) is 0.389. The Morgan fingerprint density at radius 1 is 1.30 bits per heavy atom. The van der Waals surface area contributed by atoms with E-state index >= 15 is 0 Å². The maximum absolute atomic E-state index is 12.3. The van der Waals surface area contributed by atoms with Gasteiger partial charge in [0.25, 0.3) is 0 Å². The van der Waals surface area contributed by atoms with Crippen molar-refractivity contribution in [1.82, 2.24) is 15.6 Å². The molecule has 0 aliphatic heterocycles. The molecule has 1 aromatic carbocycles. The van der Waals surface area contributed by atoms with E-state index < -0.39 is 33.4 Å². The SMILES string of the molecule is CS(=O)(=O)CC(NC(=O)CCc1c[nH]c2ccccc12)C(=O)NCCC#N. The Bertz CT molecular complexity index is 959. The summed E-state index contributed by atoms with van der Waals surface area (Å²) >= 11 is 0. The molecule has 27 heavy (non-hydrogen) atoms. The lowest BCUT2D eigenvalue weighted by Crippen LogP contribution is -2.50. The van der Waals surface area contributed by atoms with Gasteiger partial charge in [-0.3, -0.25) is 9.59 Å². The summed E-state index contributed by atoms with van der Waals surface area (Å²) in [6.45, 7) is 0.0980. The number of H-pyrrole nitrogens is 1. The van der Waals surface area contributed by atoms with E-state index in [2.05, 4.69) is 15.6 Å². The van der Waals surface area contributed by atoms with E-state index in [0.29, 0.717) is 6.42 Å². The van der Waals surface area contributed by atoms with Crippen molar-refractivity contribution >= 4 is 32.6 Å². The third-order valence-corrected chi connectivity index (χ3v) is 4.89. The number of hydrogen-bond acceptors (Lipinski definition) is 5. The topological polar surface area (TPSA) is 132 Å². The van der Waals surface area contributed by atoms with Crippen LogP contribution in [0.4, 0.5) is 0 Å². The van der Waals surface area contributed by atoms with Crippen molar-refractivity contribution in [2.45, 2.75) is 25.3 Å². The molecule has 1 atom stereocenters. The first-order chi connectivity index (χ1) is 12.8. The molecule has 0 saturated heterocycles. The standard InChI is InChI=1S/C18H22N4O4S/c1-27(25,26)12-16(18(24)20-10-4-9-19)22-17(23)8-7-13-11-21-15-6-3-2-5-14(13)15/h2-3,5-6,11,16,21H,4,7-8,10,12H2,1H3,(H,20,24)(H,22,23). The van der Waals surface area contributed by atoms with Crippen LogP contribution in [0.1, 0.15) is 18.4 Å². The number of nitriles is 1. The zero-order valence-corrected chi connectivity index (χ0v) is 15.8. The molecule has 2 aromatic rings. The van der Waals surface area contributed by atoms with Gasteiger partial charge in [0, 0.05) is 36.3 Å². The van der Waals surface area contributed by atoms with Crippen LogP contribution in [0.25, 0.3) is 10.9 Å². The lowest BCUT2D eigenvalue weighted by molar-refractivity contribution is -0.128. The highest BCUT2D eigenvalue weighted by Crippen LogP contribution is 2.18. The second kappa shape index (κ2) is 9.19. The molecule has 0 fully saturated rings. The smallest absolute Gasteiger partial charge is 0.243 e. The number of aryl methyl sites for hydroxylation is 1. The Balaban J connectivity index is 1.97. The van der Waals surface area contributed by atoms with Crippen LogP contribution in [0.3, 0.4) is 0 Å². The number of rotatable bonds is 9. The Labute approximate surface area is 157 Å². The van der Waals surface area contributed by atoms with Crippen molar-refractivity contribution < 1.29 is 18.0 Å². The van der Waals surface area contributed by atoms with Gasteiger partial charge >= 0.3 is 0 Å². The van der Waals surface area contributed by atoms with Gasteiger partial charge in [-0.15, -0.1) is 0 Å². The first-order valence-electron chi connectivity index (χ1n) is 8.47. The highest BCUT2D eigenvalue weighted by Gasteiger charge is 2.24. The summed E-state index contributed by atoms with van der Waals surface area (Å²) in [5.41, 5.74) is 1.94. The van der Waals surface area contributed by atoms with Crippen LogP contribution in [-0.4, -0.2) is 49.8 Å². The van der Waals surface area contributed by atoms with Gasteiger partial charge in [0.2, 0.25) is 11.8 Å². The number of para-hydroxylation sites is 1. The normalized spacial score (nSPS) is 12.3. The molecule has 0 spiro atoms. The van der Waals surface area contributed by atoms with Crippen LogP contribution in [0.5, 0.6) is 0 Å². The summed E-state index contributed by atoms with van der Waals surface area (Å²) in [7, 11) is -3.48. The second-order valence-corrected chi connectivity index (χ2v) is 8.46. The summed E-state index contributed by atoms with van der Waals surface area (Å²) in [5.74, 6) is -1.52. The largest absolute Gasteiger partial charge is 0.361 e. The predicted molar refractivity (Wildman–Crippen MR) is 102 cm³/mol. The van der Waals surface area contributed by atoms with Crippen molar-refractivity contribution in [1.29, 1.82) is 5.26 Å². The average Bonchev–Trinajstić information content (AvgIpc) is 3.01. The van der Waals surface area contributed by atoms with E-state index in [9.17, 15) is 18.0 Å². The van der Waals surface area contributed by atoms with Gasteiger partial charge in [0.1, 0.15) is 15.9 Å². The molecule has 1 unspecified atom stereocenters. The molecular formula is C18H22N4O4S. The average molecular weight is 390 g/mol. The molecule has 8 nitrogen and oxygen atoms in total. The molecule has 0 aliphatic carbocycles. The molecule has 2 amide bonds. The molecule has 144 valence electrons. The van der Waals surface area contributed by atoms with Crippen molar-refractivity contribution in [2.75, 3.05) is 18.6 Å². The highest BCUT2D eigenvalue weighted by molar-refractivity contribution is 7.90. The van der Waals surface area contributed by atoms with E-state index in [1.54, 1.807) is 0 Å². The minimum Gasteiger partial charge on any atom is -0.361 e. The number of hydrogen-bond donors (Lipinski definition) is 3. The molecule has 0 bridgehead atoms. The van der Waals surface area contributed by atoms with Crippen molar-refractivity contribution in [3.63, 3.8) is 0 Å². The number of sulfone groups is 1. The Morgan fingerprint density at radius 2 is 2.04 bits per heavy atom. The number of fused-ring (bicyclic) bond motifs is 1. The summed E-state index contributed by atoms with van der Waals surface area (Å²) in [6.07, 6.45) is 3.51. The molecule has 9 heteroatoms. The van der Waals surface area contributed by atoms with Gasteiger partial charge in [-0.25, -0.2) is 8.42 Å². The van der Waals surface area contributed by atoms with Crippen molar-refractivity contribution in [3.05, 3.63) is 36.0 Å². The van der Waals surface area contributed by atoms with Crippen LogP contribution in [0.2, 0.25) is 0 Å². The number of aromatic nitrogens is 1. The first kappa shape index (κ1) is 20.5. The van der Waals surface area contributed by atoms with E-state index in [4.69, 9.17) is 5.26 Å². The zero-order chi connectivity index (χ0) is 19.9. The third-order valence-electron chi connectivity index (χ3n) is 3.95. The highest BCUT2D eigenvalue weighted by atomic mass is 32.2. The summed E-state index contributed by atoms with van der Waals surface area (Å²) in [6, 6.07) is 8.40. The van der Waals surface area contributed by atoms with Crippen LogP contribution in [0.15, 0.2) is 30.5 Å². The second-order valence-electron chi connectivity index (χ2n) is 6.27. The maximum atomic E-state index is 12.3. The molecule has 0 aliphatic rings. The number of amides is 2. The minimum absolute atomic E-state index is 0.0980. The Hall–Kier alpha value is -2.86. The summed E-state index contributed by atoms with van der Waals surface area (Å²) < 4.78 is 23.1. The number of carbonyl (C=O) groups excluding carboxylic acids is 2. The van der Waals surface area contributed by atoms with Gasteiger partial charge in [0.05, 0.1) is 18.2 Å². The summed E-state index contributed by atoms with van der Waals surface area (Å²) in [5, 5.41) is 14.5. The van der Waals surface area contributed by atoms with Gasteiger partial charge < -0.3 is 15.6 Å². The maximum Gasteiger partial charge on any atom is 0.243 e. The lowest BCUT2D eigenvalue weighted by Gasteiger charge is -2.17. The molecule has 0 saturated carbocycles. The van der Waals surface area contributed by atoms with E-state index in [1.165, 1.54) is 0 Å². The summed E-state index contributed by atoms with van der Waals surface area (Å²) in [4.78, 5) is 27.5. The number of benzene rings is 1. The minimum atomic E-state index is -3.48. The predicted octanol–water partition coefficient (Wildman–Crippen LogP) is 0.660. The van der Waals surface area contributed by atoms with Gasteiger partial charge in [-0.1, -0.05) is 18.2 Å². The quantitative estimate of drug-likeness (QED) is 0.541. The Kier molecular flexibility index (Phi) is 6.96. The van der Waals surface area contributed by atoms with Crippen LogP contribution in [-0.2, 0) is 25.8 Å². The van der Waals surface area contributed by atoms with E-state index in [-0.39, 0.29) is 19.4 Å². The Morgan fingerprint density at radius 3 is 2.74 bits per heavy atom.